The fraction of sp³-hybridized carbons (Fsp3) is 0.643. The molecule has 1 heterocycles. The molecule has 4 nitrogen and oxygen atoms in total. The van der Waals surface area contributed by atoms with E-state index in [2.05, 4.69) is 5.32 Å². The minimum atomic E-state index is -0.771. The Kier molecular flexibility index (Phi) is 4.93. The van der Waals surface area contributed by atoms with Crippen molar-refractivity contribution in [1.82, 2.24) is 5.32 Å². The highest BCUT2D eigenvalue weighted by Crippen LogP contribution is 2.25. The SMILES string of the molecule is CC(CCCSCc1ccco1)(NC1CC1)C(=O)O. The van der Waals surface area contributed by atoms with Crippen LogP contribution in [0.25, 0.3) is 0 Å². The van der Waals surface area contributed by atoms with Gasteiger partial charge in [0, 0.05) is 6.04 Å². The normalized spacial score (nSPS) is 18.2. The van der Waals surface area contributed by atoms with Crippen LogP contribution in [0.3, 0.4) is 0 Å². The number of hydrogen-bond donors (Lipinski definition) is 2. The number of aliphatic carboxylic acids is 1. The Bertz CT molecular complexity index is 403. The van der Waals surface area contributed by atoms with Crippen LogP contribution in [0, 0.1) is 0 Å². The van der Waals surface area contributed by atoms with Crippen LogP contribution in [0.4, 0.5) is 0 Å². The van der Waals surface area contributed by atoms with Gasteiger partial charge in [0.1, 0.15) is 11.3 Å². The van der Waals surface area contributed by atoms with Gasteiger partial charge in [-0.2, -0.15) is 11.8 Å². The van der Waals surface area contributed by atoms with E-state index >= 15 is 0 Å². The fourth-order valence-corrected chi connectivity index (χ4v) is 2.87. The molecule has 0 saturated heterocycles. The second-order valence-corrected chi connectivity index (χ2v) is 6.40. The molecule has 2 rings (SSSR count). The van der Waals surface area contributed by atoms with Crippen molar-refractivity contribution in [1.29, 1.82) is 0 Å². The summed E-state index contributed by atoms with van der Waals surface area (Å²) >= 11 is 1.78. The lowest BCUT2D eigenvalue weighted by Gasteiger charge is -2.26. The van der Waals surface area contributed by atoms with Gasteiger partial charge < -0.3 is 9.52 Å². The van der Waals surface area contributed by atoms with Gasteiger partial charge in [-0.15, -0.1) is 0 Å². The molecule has 1 saturated carbocycles. The molecule has 1 aliphatic carbocycles. The van der Waals surface area contributed by atoms with Crippen molar-refractivity contribution in [3.8, 4) is 0 Å². The van der Waals surface area contributed by atoms with E-state index in [9.17, 15) is 9.90 Å². The van der Waals surface area contributed by atoms with Gasteiger partial charge in [-0.1, -0.05) is 0 Å². The largest absolute Gasteiger partial charge is 0.480 e. The van der Waals surface area contributed by atoms with Gasteiger partial charge in [0.05, 0.1) is 12.0 Å². The van der Waals surface area contributed by atoms with Crippen LogP contribution in [-0.4, -0.2) is 28.4 Å². The maximum atomic E-state index is 11.4. The standard InChI is InChI=1S/C14H21NO3S/c1-14(13(16)17,15-11-5-6-11)7-3-9-19-10-12-4-2-8-18-12/h2,4,8,11,15H,3,5-7,9-10H2,1H3,(H,16,17). The molecule has 1 aliphatic rings. The third kappa shape index (κ3) is 4.58. The Morgan fingerprint density at radius 1 is 1.63 bits per heavy atom. The quantitative estimate of drug-likeness (QED) is 0.682. The van der Waals surface area contributed by atoms with Crippen molar-refractivity contribution in [3.63, 3.8) is 0 Å². The molecule has 19 heavy (non-hydrogen) atoms. The summed E-state index contributed by atoms with van der Waals surface area (Å²) in [7, 11) is 0. The summed E-state index contributed by atoms with van der Waals surface area (Å²) in [6.07, 6.45) is 5.46. The first-order chi connectivity index (χ1) is 9.10. The van der Waals surface area contributed by atoms with Crippen molar-refractivity contribution in [3.05, 3.63) is 24.2 Å². The lowest BCUT2D eigenvalue weighted by Crippen LogP contribution is -2.50. The monoisotopic (exact) mass is 283 g/mol. The Labute approximate surface area is 117 Å². The van der Waals surface area contributed by atoms with E-state index in [0.717, 1.165) is 36.5 Å². The summed E-state index contributed by atoms with van der Waals surface area (Å²) < 4.78 is 5.25. The van der Waals surface area contributed by atoms with Crippen molar-refractivity contribution in [2.24, 2.45) is 0 Å². The van der Waals surface area contributed by atoms with Gasteiger partial charge in [0.25, 0.3) is 0 Å². The summed E-state index contributed by atoms with van der Waals surface area (Å²) in [6.45, 7) is 1.80. The zero-order chi connectivity index (χ0) is 13.7. The second kappa shape index (κ2) is 6.48. The maximum Gasteiger partial charge on any atom is 0.323 e. The van der Waals surface area contributed by atoms with Crippen molar-refractivity contribution in [2.75, 3.05) is 5.75 Å². The number of thioether (sulfide) groups is 1. The lowest BCUT2D eigenvalue weighted by molar-refractivity contribution is -0.144. The number of carboxylic acids is 1. The molecule has 0 radical (unpaired) electrons. The van der Waals surface area contributed by atoms with Crippen LogP contribution in [0.1, 0.15) is 38.4 Å². The van der Waals surface area contributed by atoms with Crippen molar-refractivity contribution in [2.45, 2.75) is 49.9 Å². The van der Waals surface area contributed by atoms with Crippen LogP contribution in [0.5, 0.6) is 0 Å². The van der Waals surface area contributed by atoms with Crippen LogP contribution in [-0.2, 0) is 10.5 Å². The summed E-state index contributed by atoms with van der Waals surface area (Å²) in [6, 6.07) is 4.26. The average molecular weight is 283 g/mol. The molecule has 5 heteroatoms. The first kappa shape index (κ1) is 14.5. The molecular weight excluding hydrogens is 262 g/mol. The van der Waals surface area contributed by atoms with Gasteiger partial charge in [-0.25, -0.2) is 0 Å². The highest BCUT2D eigenvalue weighted by molar-refractivity contribution is 7.98. The van der Waals surface area contributed by atoms with Crippen LogP contribution >= 0.6 is 11.8 Å². The third-order valence-corrected chi connectivity index (χ3v) is 4.43. The molecule has 1 atom stereocenters. The fourth-order valence-electron chi connectivity index (χ4n) is 2.01. The minimum Gasteiger partial charge on any atom is -0.480 e. The Morgan fingerprint density at radius 2 is 2.42 bits per heavy atom. The van der Waals surface area contributed by atoms with E-state index < -0.39 is 11.5 Å². The minimum absolute atomic E-state index is 0.414. The van der Waals surface area contributed by atoms with E-state index in [1.807, 2.05) is 12.1 Å². The van der Waals surface area contributed by atoms with Gasteiger partial charge in [-0.05, 0) is 50.5 Å². The summed E-state index contributed by atoms with van der Waals surface area (Å²) in [5, 5.41) is 12.6. The van der Waals surface area contributed by atoms with Gasteiger partial charge >= 0.3 is 5.97 Å². The number of furan rings is 1. The predicted octanol–water partition coefficient (Wildman–Crippen LogP) is 2.89. The summed E-state index contributed by atoms with van der Waals surface area (Å²) in [5.74, 6) is 2.04. The zero-order valence-corrected chi connectivity index (χ0v) is 12.0. The summed E-state index contributed by atoms with van der Waals surface area (Å²) in [5.41, 5.74) is -0.771. The maximum absolute atomic E-state index is 11.4. The van der Waals surface area contributed by atoms with Crippen molar-refractivity contribution >= 4 is 17.7 Å². The molecule has 1 unspecified atom stereocenters. The molecule has 0 aromatic carbocycles. The number of rotatable bonds is 9. The van der Waals surface area contributed by atoms with Gasteiger partial charge in [0.2, 0.25) is 0 Å². The smallest absolute Gasteiger partial charge is 0.323 e. The lowest BCUT2D eigenvalue weighted by atomic mass is 9.96. The number of carbonyl (C=O) groups is 1. The van der Waals surface area contributed by atoms with Gasteiger partial charge in [0.15, 0.2) is 0 Å². The molecule has 1 aromatic rings. The average Bonchev–Trinajstić information content (AvgIpc) is 3.02. The highest BCUT2D eigenvalue weighted by Gasteiger charge is 2.37. The van der Waals surface area contributed by atoms with E-state index in [-0.39, 0.29) is 0 Å². The molecule has 0 amide bonds. The molecule has 2 N–H and O–H groups in total. The van der Waals surface area contributed by atoms with Crippen LogP contribution in [0.2, 0.25) is 0 Å². The van der Waals surface area contributed by atoms with E-state index in [1.165, 1.54) is 0 Å². The number of hydrogen-bond acceptors (Lipinski definition) is 4. The molecule has 0 aliphatic heterocycles. The predicted molar refractivity (Wildman–Crippen MR) is 76.3 cm³/mol. The third-order valence-electron chi connectivity index (χ3n) is 3.36. The highest BCUT2D eigenvalue weighted by atomic mass is 32.2. The number of nitrogens with one attached hydrogen (secondary N) is 1. The topological polar surface area (TPSA) is 62.5 Å². The molecular formula is C14H21NO3S. The second-order valence-electron chi connectivity index (χ2n) is 5.29. The van der Waals surface area contributed by atoms with Crippen molar-refractivity contribution < 1.29 is 14.3 Å². The molecule has 1 fully saturated rings. The van der Waals surface area contributed by atoms with Crippen LogP contribution in [0.15, 0.2) is 22.8 Å². The molecule has 0 bridgehead atoms. The first-order valence-electron chi connectivity index (χ1n) is 6.71. The summed E-state index contributed by atoms with van der Waals surface area (Å²) in [4.78, 5) is 11.4. The number of carboxylic acid groups (broad SMARTS) is 1. The first-order valence-corrected chi connectivity index (χ1v) is 7.87. The zero-order valence-electron chi connectivity index (χ0n) is 11.2. The Balaban J connectivity index is 1.65. The molecule has 0 spiro atoms. The van der Waals surface area contributed by atoms with E-state index in [1.54, 1.807) is 24.9 Å². The Hall–Kier alpha value is -0.940. The van der Waals surface area contributed by atoms with E-state index in [0.29, 0.717) is 12.5 Å². The molecule has 1 aromatic heterocycles. The Morgan fingerprint density at radius 3 is 3.00 bits per heavy atom. The van der Waals surface area contributed by atoms with E-state index in [4.69, 9.17) is 4.42 Å². The molecule has 106 valence electrons. The van der Waals surface area contributed by atoms with Crippen LogP contribution < -0.4 is 5.32 Å². The van der Waals surface area contributed by atoms with Gasteiger partial charge in [-0.3, -0.25) is 10.1 Å².